The number of pyridine rings is 1. The standard InChI is InChI=1S/C19H26N4OS/c1-14(24)23-7-3-4-15(12-23)18-17(13-22-8-10-25-11-9-22)16-5-2-6-20-19(16)21-18/h2,5-6,15H,3-4,7-13H2,1H3,(H,20,21). The Kier molecular flexibility index (Phi) is 4.99. The first kappa shape index (κ1) is 16.9. The van der Waals surface area contributed by atoms with Gasteiger partial charge in [-0.05, 0) is 30.5 Å². The monoisotopic (exact) mass is 358 g/mol. The molecule has 0 spiro atoms. The number of thioether (sulfide) groups is 1. The molecule has 6 heteroatoms. The smallest absolute Gasteiger partial charge is 0.219 e. The number of nitrogens with one attached hydrogen (secondary N) is 1. The second kappa shape index (κ2) is 7.38. The number of aromatic nitrogens is 2. The van der Waals surface area contributed by atoms with Crippen molar-refractivity contribution in [2.24, 2.45) is 0 Å². The van der Waals surface area contributed by atoms with Crippen LogP contribution < -0.4 is 0 Å². The van der Waals surface area contributed by atoms with Gasteiger partial charge in [-0.1, -0.05) is 0 Å². The van der Waals surface area contributed by atoms with E-state index in [1.165, 1.54) is 28.1 Å². The highest BCUT2D eigenvalue weighted by Gasteiger charge is 2.28. The summed E-state index contributed by atoms with van der Waals surface area (Å²) in [4.78, 5) is 24.5. The van der Waals surface area contributed by atoms with Crippen LogP contribution >= 0.6 is 11.8 Å². The van der Waals surface area contributed by atoms with E-state index >= 15 is 0 Å². The summed E-state index contributed by atoms with van der Waals surface area (Å²) in [5.41, 5.74) is 3.68. The summed E-state index contributed by atoms with van der Waals surface area (Å²) in [5, 5.41) is 1.25. The minimum absolute atomic E-state index is 0.188. The second-order valence-corrected chi connectivity index (χ2v) is 8.33. The lowest BCUT2D eigenvalue weighted by molar-refractivity contribution is -0.130. The van der Waals surface area contributed by atoms with E-state index in [0.717, 1.165) is 51.2 Å². The molecule has 1 unspecified atom stereocenters. The summed E-state index contributed by atoms with van der Waals surface area (Å²) in [5.74, 6) is 3.02. The van der Waals surface area contributed by atoms with Crippen molar-refractivity contribution in [3.05, 3.63) is 29.6 Å². The van der Waals surface area contributed by atoms with E-state index in [-0.39, 0.29) is 5.91 Å². The first-order chi connectivity index (χ1) is 12.2. The number of piperidine rings is 1. The molecular weight excluding hydrogens is 332 g/mol. The SMILES string of the molecule is CC(=O)N1CCCC(c2[nH]c3ncccc3c2CN2CCSCC2)C1. The largest absolute Gasteiger partial charge is 0.343 e. The fourth-order valence-corrected chi connectivity index (χ4v) is 5.08. The molecule has 2 fully saturated rings. The summed E-state index contributed by atoms with van der Waals surface area (Å²) in [7, 11) is 0. The molecule has 1 N–H and O–H groups in total. The molecule has 1 atom stereocenters. The van der Waals surface area contributed by atoms with E-state index < -0.39 is 0 Å². The minimum atomic E-state index is 0.188. The molecule has 134 valence electrons. The molecule has 2 aromatic heterocycles. The summed E-state index contributed by atoms with van der Waals surface area (Å²) in [6.45, 7) is 6.69. The van der Waals surface area contributed by atoms with Crippen LogP contribution in [0.25, 0.3) is 11.0 Å². The topological polar surface area (TPSA) is 52.2 Å². The Balaban J connectivity index is 1.67. The zero-order valence-electron chi connectivity index (χ0n) is 14.8. The summed E-state index contributed by atoms with van der Waals surface area (Å²) < 4.78 is 0. The van der Waals surface area contributed by atoms with E-state index in [2.05, 4.69) is 20.9 Å². The van der Waals surface area contributed by atoms with E-state index in [0.29, 0.717) is 5.92 Å². The number of aromatic amines is 1. The van der Waals surface area contributed by atoms with Crippen LogP contribution in [0.1, 0.15) is 36.9 Å². The van der Waals surface area contributed by atoms with Gasteiger partial charge in [0.25, 0.3) is 0 Å². The molecule has 1 amide bonds. The molecule has 2 saturated heterocycles. The average Bonchev–Trinajstić information content (AvgIpc) is 3.01. The number of carbonyl (C=O) groups excluding carboxylic acids is 1. The molecule has 25 heavy (non-hydrogen) atoms. The van der Waals surface area contributed by atoms with Gasteiger partial charge in [0.1, 0.15) is 5.65 Å². The highest BCUT2D eigenvalue weighted by atomic mass is 32.2. The second-order valence-electron chi connectivity index (χ2n) is 7.11. The fourth-order valence-electron chi connectivity index (χ4n) is 4.10. The Hall–Kier alpha value is -1.53. The van der Waals surface area contributed by atoms with Crippen LogP contribution in [-0.2, 0) is 11.3 Å². The van der Waals surface area contributed by atoms with Gasteiger partial charge in [0.15, 0.2) is 0 Å². The van der Waals surface area contributed by atoms with Crippen molar-refractivity contribution in [1.82, 2.24) is 19.8 Å². The van der Waals surface area contributed by atoms with Crippen LogP contribution in [0.5, 0.6) is 0 Å². The summed E-state index contributed by atoms with van der Waals surface area (Å²) in [6, 6.07) is 4.21. The Bertz CT molecular complexity index is 753. The first-order valence-electron chi connectivity index (χ1n) is 9.23. The van der Waals surface area contributed by atoms with Crippen molar-refractivity contribution in [2.45, 2.75) is 32.2 Å². The maximum absolute atomic E-state index is 11.8. The van der Waals surface area contributed by atoms with Gasteiger partial charge in [0, 0.05) is 74.3 Å². The Morgan fingerprint density at radius 1 is 1.36 bits per heavy atom. The lowest BCUT2D eigenvalue weighted by atomic mass is 9.91. The Morgan fingerprint density at radius 3 is 3.00 bits per heavy atom. The molecule has 0 radical (unpaired) electrons. The molecule has 4 rings (SSSR count). The number of rotatable bonds is 3. The van der Waals surface area contributed by atoms with Crippen LogP contribution in [0.4, 0.5) is 0 Å². The van der Waals surface area contributed by atoms with Gasteiger partial charge < -0.3 is 9.88 Å². The van der Waals surface area contributed by atoms with E-state index in [1.54, 1.807) is 6.92 Å². The average molecular weight is 359 g/mol. The lowest BCUT2D eigenvalue weighted by Crippen LogP contribution is -2.38. The molecule has 2 aliphatic heterocycles. The lowest BCUT2D eigenvalue weighted by Gasteiger charge is -2.33. The fraction of sp³-hybridized carbons (Fsp3) is 0.579. The van der Waals surface area contributed by atoms with Crippen LogP contribution in [0.3, 0.4) is 0 Å². The number of likely N-dealkylation sites (tertiary alicyclic amines) is 1. The number of hydrogen-bond donors (Lipinski definition) is 1. The number of hydrogen-bond acceptors (Lipinski definition) is 4. The Labute approximate surface area is 153 Å². The third kappa shape index (κ3) is 3.55. The number of nitrogens with zero attached hydrogens (tertiary/aromatic N) is 3. The van der Waals surface area contributed by atoms with Crippen molar-refractivity contribution in [2.75, 3.05) is 37.7 Å². The first-order valence-corrected chi connectivity index (χ1v) is 10.4. The van der Waals surface area contributed by atoms with Crippen LogP contribution in [0.15, 0.2) is 18.3 Å². The molecule has 0 aromatic carbocycles. The quantitative estimate of drug-likeness (QED) is 0.917. The van der Waals surface area contributed by atoms with Gasteiger partial charge >= 0.3 is 0 Å². The Morgan fingerprint density at radius 2 is 2.20 bits per heavy atom. The van der Waals surface area contributed by atoms with Gasteiger partial charge in [0.05, 0.1) is 0 Å². The molecule has 0 saturated carbocycles. The zero-order valence-corrected chi connectivity index (χ0v) is 15.6. The van der Waals surface area contributed by atoms with Gasteiger partial charge in [0.2, 0.25) is 5.91 Å². The zero-order chi connectivity index (χ0) is 17.2. The third-order valence-electron chi connectivity index (χ3n) is 5.47. The predicted octanol–water partition coefficient (Wildman–Crippen LogP) is 2.84. The molecule has 0 bridgehead atoms. The van der Waals surface area contributed by atoms with Crippen molar-refractivity contribution in [1.29, 1.82) is 0 Å². The highest BCUT2D eigenvalue weighted by Crippen LogP contribution is 2.33. The number of amides is 1. The third-order valence-corrected chi connectivity index (χ3v) is 6.41. The number of carbonyl (C=O) groups is 1. The minimum Gasteiger partial charge on any atom is -0.343 e. The van der Waals surface area contributed by atoms with Crippen LogP contribution in [0.2, 0.25) is 0 Å². The van der Waals surface area contributed by atoms with Crippen molar-refractivity contribution in [3.8, 4) is 0 Å². The number of fused-ring (bicyclic) bond motifs is 1. The van der Waals surface area contributed by atoms with Gasteiger partial charge in [-0.3, -0.25) is 9.69 Å². The van der Waals surface area contributed by atoms with Crippen molar-refractivity contribution in [3.63, 3.8) is 0 Å². The van der Waals surface area contributed by atoms with E-state index in [1.807, 2.05) is 28.9 Å². The maximum atomic E-state index is 11.8. The normalized spacial score (nSPS) is 22.4. The van der Waals surface area contributed by atoms with E-state index in [9.17, 15) is 4.79 Å². The van der Waals surface area contributed by atoms with E-state index in [4.69, 9.17) is 0 Å². The molecular formula is C19H26N4OS. The van der Waals surface area contributed by atoms with Gasteiger partial charge in [-0.15, -0.1) is 0 Å². The molecule has 2 aliphatic rings. The maximum Gasteiger partial charge on any atom is 0.219 e. The number of H-pyrrole nitrogens is 1. The van der Waals surface area contributed by atoms with Crippen molar-refractivity contribution < 1.29 is 4.79 Å². The molecule has 5 nitrogen and oxygen atoms in total. The summed E-state index contributed by atoms with van der Waals surface area (Å²) >= 11 is 2.04. The van der Waals surface area contributed by atoms with Crippen LogP contribution in [0, 0.1) is 0 Å². The molecule has 0 aliphatic carbocycles. The molecule has 2 aromatic rings. The summed E-state index contributed by atoms with van der Waals surface area (Å²) in [6.07, 6.45) is 4.07. The van der Waals surface area contributed by atoms with Gasteiger partial charge in [-0.2, -0.15) is 11.8 Å². The van der Waals surface area contributed by atoms with Crippen LogP contribution in [-0.4, -0.2) is 63.4 Å². The molecule has 4 heterocycles. The van der Waals surface area contributed by atoms with Gasteiger partial charge in [-0.25, -0.2) is 4.98 Å². The highest BCUT2D eigenvalue weighted by molar-refractivity contribution is 7.99. The van der Waals surface area contributed by atoms with Crippen molar-refractivity contribution >= 4 is 28.7 Å². The predicted molar refractivity (Wildman–Crippen MR) is 103 cm³/mol.